The van der Waals surface area contributed by atoms with E-state index in [1.54, 1.807) is 0 Å². The third-order valence-electron chi connectivity index (χ3n) is 7.05. The van der Waals surface area contributed by atoms with Crippen LogP contribution in [0.3, 0.4) is 0 Å². The Bertz CT molecular complexity index is 883. The first-order valence-electron chi connectivity index (χ1n) is 14.3. The van der Waals surface area contributed by atoms with Gasteiger partial charge < -0.3 is 24.1 Å². The van der Waals surface area contributed by atoms with Crippen molar-refractivity contribution in [1.82, 2.24) is 0 Å². The molecule has 6 nitrogen and oxygen atoms in total. The van der Waals surface area contributed by atoms with Crippen molar-refractivity contribution < 1.29 is 42.0 Å². The molecule has 2 aliphatic carbocycles. The molecule has 0 bridgehead atoms. The Morgan fingerprint density at radius 1 is 0.550 bits per heavy atom. The summed E-state index contributed by atoms with van der Waals surface area (Å²) in [5.74, 6) is 0. The lowest BCUT2D eigenvalue weighted by Crippen LogP contribution is -2.28. The van der Waals surface area contributed by atoms with Gasteiger partial charge >= 0.3 is 6.36 Å². The van der Waals surface area contributed by atoms with Crippen LogP contribution in [0.4, 0.5) is 13.2 Å². The lowest BCUT2D eigenvalue weighted by Gasteiger charge is -2.28. The van der Waals surface area contributed by atoms with Gasteiger partial charge in [-0.15, -0.1) is 13.2 Å². The summed E-state index contributed by atoms with van der Waals surface area (Å²) in [5.41, 5.74) is 2.38. The van der Waals surface area contributed by atoms with Crippen LogP contribution in [0.5, 0.6) is 0 Å². The first kappa shape index (κ1) is 32.5. The van der Waals surface area contributed by atoms with Crippen molar-refractivity contribution in [2.45, 2.75) is 95.4 Å². The summed E-state index contributed by atoms with van der Waals surface area (Å²) >= 11 is 0. The smallest absolute Gasteiger partial charge is 0.394 e. The zero-order valence-corrected chi connectivity index (χ0v) is 23.1. The third-order valence-corrected chi connectivity index (χ3v) is 7.05. The van der Waals surface area contributed by atoms with Crippen molar-refractivity contribution in [2.24, 2.45) is 0 Å². The van der Waals surface area contributed by atoms with Crippen LogP contribution in [0.1, 0.15) is 62.5 Å². The Morgan fingerprint density at radius 3 is 1.30 bits per heavy atom. The molecule has 40 heavy (non-hydrogen) atoms. The van der Waals surface area contributed by atoms with E-state index in [9.17, 15) is 13.2 Å². The van der Waals surface area contributed by atoms with Crippen LogP contribution in [0.25, 0.3) is 0 Å². The molecule has 2 saturated carbocycles. The fraction of sp³-hybridized carbons (Fsp3) is 0.613. The lowest BCUT2D eigenvalue weighted by atomic mass is 9.95. The monoisotopic (exact) mass is 568 g/mol. The summed E-state index contributed by atoms with van der Waals surface area (Å²) in [4.78, 5) is 0. The van der Waals surface area contributed by atoms with Crippen molar-refractivity contribution in [3.05, 3.63) is 71.8 Å². The zero-order chi connectivity index (χ0) is 28.5. The maximum Gasteiger partial charge on any atom is 0.522 e. The standard InChI is InChI=1S/C16H21F3O3.C15H22O3/c17-16(18,19)22-11-10-20-14-6-8-15(9-7-14)21-12-13-4-2-1-3-5-13;16-10-11-17-14-6-8-15(9-7-14)18-12-13-4-2-1-3-5-13/h1-5,14-15H,6-12H2;1-5,14-16H,6-12H2. The van der Waals surface area contributed by atoms with E-state index in [-0.39, 0.29) is 25.4 Å². The number of rotatable bonds is 13. The topological polar surface area (TPSA) is 66.4 Å². The highest BCUT2D eigenvalue weighted by atomic mass is 19.4. The van der Waals surface area contributed by atoms with Crippen LogP contribution < -0.4 is 0 Å². The van der Waals surface area contributed by atoms with Crippen molar-refractivity contribution >= 4 is 0 Å². The molecule has 0 spiro atoms. The van der Waals surface area contributed by atoms with E-state index in [0.29, 0.717) is 32.0 Å². The molecule has 0 aliphatic heterocycles. The molecule has 2 aliphatic rings. The highest BCUT2D eigenvalue weighted by molar-refractivity contribution is 5.14. The Balaban J connectivity index is 0.000000225. The Morgan fingerprint density at radius 2 is 0.925 bits per heavy atom. The van der Waals surface area contributed by atoms with Gasteiger partial charge in [-0.3, -0.25) is 4.74 Å². The average Bonchev–Trinajstić information content (AvgIpc) is 2.98. The van der Waals surface area contributed by atoms with E-state index in [4.69, 9.17) is 24.1 Å². The molecule has 0 radical (unpaired) electrons. The number of ether oxygens (including phenoxy) is 5. The molecule has 2 aromatic carbocycles. The minimum absolute atomic E-state index is 0.00779. The number of hydrogen-bond acceptors (Lipinski definition) is 6. The van der Waals surface area contributed by atoms with Crippen molar-refractivity contribution in [3.8, 4) is 0 Å². The summed E-state index contributed by atoms with van der Waals surface area (Å²) in [7, 11) is 0. The molecule has 4 rings (SSSR count). The first-order valence-corrected chi connectivity index (χ1v) is 14.3. The SMILES string of the molecule is FC(F)(F)OCCOC1CCC(OCc2ccccc2)CC1.OCCOC1CCC(OCc2ccccc2)CC1. The summed E-state index contributed by atoms with van der Waals surface area (Å²) < 4.78 is 61.8. The first-order chi connectivity index (χ1) is 19.4. The number of benzene rings is 2. The van der Waals surface area contributed by atoms with Gasteiger partial charge in [-0.25, -0.2) is 0 Å². The van der Waals surface area contributed by atoms with E-state index in [0.717, 1.165) is 56.9 Å². The molecule has 0 saturated heterocycles. The number of aliphatic hydroxyl groups is 1. The molecule has 0 heterocycles. The summed E-state index contributed by atoms with van der Waals surface area (Å²) in [6.45, 7) is 1.39. The molecule has 0 aromatic heterocycles. The second-order valence-electron chi connectivity index (χ2n) is 10.2. The fourth-order valence-electron chi connectivity index (χ4n) is 4.90. The summed E-state index contributed by atoms with van der Waals surface area (Å²) in [6, 6.07) is 20.3. The molecule has 2 aromatic rings. The molecular formula is C31H43F3O6. The highest BCUT2D eigenvalue weighted by Crippen LogP contribution is 2.25. The maximum atomic E-state index is 11.8. The minimum Gasteiger partial charge on any atom is -0.394 e. The van der Waals surface area contributed by atoms with Gasteiger partial charge in [-0.1, -0.05) is 60.7 Å². The molecule has 224 valence electrons. The number of halogens is 3. The third kappa shape index (κ3) is 14.1. The van der Waals surface area contributed by atoms with E-state index >= 15 is 0 Å². The zero-order valence-electron chi connectivity index (χ0n) is 23.1. The van der Waals surface area contributed by atoms with Crippen molar-refractivity contribution in [2.75, 3.05) is 26.4 Å². The molecule has 0 atom stereocenters. The molecule has 0 unspecified atom stereocenters. The fourth-order valence-corrected chi connectivity index (χ4v) is 4.90. The lowest BCUT2D eigenvalue weighted by molar-refractivity contribution is -0.327. The molecular weight excluding hydrogens is 525 g/mol. The highest BCUT2D eigenvalue weighted by Gasteiger charge is 2.29. The normalized spacial score (nSPS) is 23.3. The van der Waals surface area contributed by atoms with Crippen LogP contribution in [-0.2, 0) is 36.9 Å². The van der Waals surface area contributed by atoms with E-state index in [2.05, 4.69) is 16.9 Å². The van der Waals surface area contributed by atoms with Crippen LogP contribution >= 0.6 is 0 Å². The molecule has 2 fully saturated rings. The maximum absolute atomic E-state index is 11.8. The van der Waals surface area contributed by atoms with Crippen molar-refractivity contribution in [1.29, 1.82) is 0 Å². The van der Waals surface area contributed by atoms with E-state index in [1.807, 2.05) is 48.5 Å². The quantitative estimate of drug-likeness (QED) is 0.275. The van der Waals surface area contributed by atoms with Gasteiger partial charge in [0, 0.05) is 0 Å². The van der Waals surface area contributed by atoms with Crippen LogP contribution in [0.15, 0.2) is 60.7 Å². The molecule has 1 N–H and O–H groups in total. The van der Waals surface area contributed by atoms with Gasteiger partial charge in [0.25, 0.3) is 0 Å². The number of aliphatic hydroxyl groups excluding tert-OH is 1. The summed E-state index contributed by atoms with van der Waals surface area (Å²) in [6.07, 6.45) is 3.87. The molecule has 0 amide bonds. The Kier molecular flexibility index (Phi) is 15.0. The second kappa shape index (κ2) is 18.4. The van der Waals surface area contributed by atoms with Gasteiger partial charge in [0.05, 0.1) is 64.1 Å². The largest absolute Gasteiger partial charge is 0.522 e. The van der Waals surface area contributed by atoms with Gasteiger partial charge in [0.15, 0.2) is 0 Å². The minimum atomic E-state index is -4.58. The van der Waals surface area contributed by atoms with Crippen LogP contribution in [0, 0.1) is 0 Å². The Hall–Kier alpha value is -2.01. The second-order valence-corrected chi connectivity index (χ2v) is 10.2. The van der Waals surface area contributed by atoms with Crippen LogP contribution in [0.2, 0.25) is 0 Å². The Labute approximate surface area is 235 Å². The van der Waals surface area contributed by atoms with Crippen LogP contribution in [-0.4, -0.2) is 62.3 Å². The number of alkyl halides is 3. The van der Waals surface area contributed by atoms with Gasteiger partial charge in [-0.05, 0) is 62.5 Å². The summed E-state index contributed by atoms with van der Waals surface area (Å²) in [5, 5.41) is 8.71. The van der Waals surface area contributed by atoms with Gasteiger partial charge in [0.2, 0.25) is 0 Å². The van der Waals surface area contributed by atoms with Gasteiger partial charge in [0.1, 0.15) is 0 Å². The van der Waals surface area contributed by atoms with Crippen molar-refractivity contribution in [3.63, 3.8) is 0 Å². The van der Waals surface area contributed by atoms with Gasteiger partial charge in [-0.2, -0.15) is 0 Å². The van der Waals surface area contributed by atoms with E-state index in [1.165, 1.54) is 5.56 Å². The van der Waals surface area contributed by atoms with E-state index < -0.39 is 13.0 Å². The molecule has 9 heteroatoms. The predicted octanol–water partition coefficient (Wildman–Crippen LogP) is 6.59. The number of hydrogen-bond donors (Lipinski definition) is 1. The predicted molar refractivity (Wildman–Crippen MR) is 146 cm³/mol. The average molecular weight is 569 g/mol.